The molecule has 1 saturated carbocycles. The number of piperazine rings is 1. The van der Waals surface area contributed by atoms with Crippen LogP contribution in [0, 0.1) is 5.82 Å². The molecule has 1 aromatic carbocycles. The van der Waals surface area contributed by atoms with Crippen LogP contribution >= 0.6 is 0 Å². The minimum Gasteiger partial charge on any atom is -0.354 e. The van der Waals surface area contributed by atoms with E-state index in [9.17, 15) is 9.18 Å². The highest BCUT2D eigenvalue weighted by Gasteiger charge is 2.36. The summed E-state index contributed by atoms with van der Waals surface area (Å²) in [5.74, 6) is -0.102. The van der Waals surface area contributed by atoms with Crippen molar-refractivity contribution in [1.29, 1.82) is 0 Å². The zero-order valence-corrected chi connectivity index (χ0v) is 15.4. The Hall–Kier alpha value is -1.46. The lowest BCUT2D eigenvalue weighted by molar-refractivity contribution is -0.123. The third-order valence-corrected chi connectivity index (χ3v) is 5.96. The van der Waals surface area contributed by atoms with Gasteiger partial charge in [-0.15, -0.1) is 0 Å². The van der Waals surface area contributed by atoms with E-state index in [0.717, 1.165) is 38.0 Å². The first kappa shape index (κ1) is 18.3. The molecule has 1 N–H and O–H groups in total. The number of carbonyl (C=O) groups is 1. The first-order valence-electron chi connectivity index (χ1n) is 9.44. The first-order chi connectivity index (χ1) is 12.0. The molecule has 0 bridgehead atoms. The molecule has 0 spiro atoms. The van der Waals surface area contributed by atoms with E-state index in [1.807, 2.05) is 12.1 Å². The van der Waals surface area contributed by atoms with Gasteiger partial charge in [0.1, 0.15) is 5.82 Å². The van der Waals surface area contributed by atoms with Crippen molar-refractivity contribution in [3.63, 3.8) is 0 Å². The average Bonchev–Trinajstić information content (AvgIpc) is 3.06. The van der Waals surface area contributed by atoms with E-state index < -0.39 is 0 Å². The number of nitrogens with zero attached hydrogens (tertiary/aromatic N) is 2. The van der Waals surface area contributed by atoms with Crippen LogP contribution in [0.2, 0.25) is 0 Å². The van der Waals surface area contributed by atoms with E-state index in [2.05, 4.69) is 29.1 Å². The normalized spacial score (nSPS) is 24.4. The number of rotatable bonds is 5. The second-order valence-corrected chi connectivity index (χ2v) is 7.85. The molecule has 1 unspecified atom stereocenters. The number of benzene rings is 1. The molecule has 1 heterocycles. The fourth-order valence-electron chi connectivity index (χ4n) is 4.34. The van der Waals surface area contributed by atoms with Crippen LogP contribution in [-0.4, -0.2) is 61.5 Å². The number of hydrogen-bond acceptors (Lipinski definition) is 3. The van der Waals surface area contributed by atoms with Crippen molar-refractivity contribution >= 4 is 5.91 Å². The first-order valence-corrected chi connectivity index (χ1v) is 9.44. The highest BCUT2D eigenvalue weighted by molar-refractivity contribution is 5.78. The summed E-state index contributed by atoms with van der Waals surface area (Å²) in [6.45, 7) is 6.26. The fourth-order valence-corrected chi connectivity index (χ4v) is 4.34. The second kappa shape index (κ2) is 7.83. The molecule has 1 aromatic rings. The van der Waals surface area contributed by atoms with Crippen molar-refractivity contribution < 1.29 is 9.18 Å². The molecule has 25 heavy (non-hydrogen) atoms. The van der Waals surface area contributed by atoms with Gasteiger partial charge in [-0.05, 0) is 44.5 Å². The summed E-state index contributed by atoms with van der Waals surface area (Å²) in [6, 6.07) is 7.24. The molecule has 2 fully saturated rings. The van der Waals surface area contributed by atoms with Gasteiger partial charge in [0.25, 0.3) is 0 Å². The van der Waals surface area contributed by atoms with Gasteiger partial charge in [-0.1, -0.05) is 25.0 Å². The third kappa shape index (κ3) is 4.39. The Morgan fingerprint density at radius 3 is 2.56 bits per heavy atom. The summed E-state index contributed by atoms with van der Waals surface area (Å²) in [5.41, 5.74) is 1.12. The Balaban J connectivity index is 1.58. The summed E-state index contributed by atoms with van der Waals surface area (Å²) in [6.07, 6.45) is 4.46. The van der Waals surface area contributed by atoms with Gasteiger partial charge in [-0.2, -0.15) is 0 Å². The van der Waals surface area contributed by atoms with Gasteiger partial charge in [0.15, 0.2) is 0 Å². The van der Waals surface area contributed by atoms with Crippen molar-refractivity contribution in [2.24, 2.45) is 0 Å². The predicted octanol–water partition coefficient (Wildman–Crippen LogP) is 2.39. The molecule has 5 heteroatoms. The van der Waals surface area contributed by atoms with Gasteiger partial charge >= 0.3 is 0 Å². The number of amides is 1. The molecule has 4 nitrogen and oxygen atoms in total. The summed E-state index contributed by atoms with van der Waals surface area (Å²) < 4.78 is 13.3. The molecule has 1 atom stereocenters. The number of nitrogens with one attached hydrogen (secondary N) is 1. The van der Waals surface area contributed by atoms with E-state index in [4.69, 9.17) is 0 Å². The maximum Gasteiger partial charge on any atom is 0.234 e. The smallest absolute Gasteiger partial charge is 0.234 e. The fraction of sp³-hybridized carbons (Fsp3) is 0.650. The van der Waals surface area contributed by atoms with Crippen LogP contribution in [0.25, 0.3) is 0 Å². The van der Waals surface area contributed by atoms with Gasteiger partial charge in [0.2, 0.25) is 5.91 Å². The van der Waals surface area contributed by atoms with Crippen molar-refractivity contribution in [2.75, 3.05) is 39.8 Å². The van der Waals surface area contributed by atoms with Crippen molar-refractivity contribution in [2.45, 2.75) is 44.1 Å². The minimum atomic E-state index is -0.204. The summed E-state index contributed by atoms with van der Waals surface area (Å²) >= 11 is 0. The Kier molecular flexibility index (Phi) is 5.74. The van der Waals surface area contributed by atoms with Gasteiger partial charge in [-0.25, -0.2) is 4.39 Å². The van der Waals surface area contributed by atoms with Gasteiger partial charge in [0.05, 0.1) is 6.54 Å². The third-order valence-electron chi connectivity index (χ3n) is 5.96. The van der Waals surface area contributed by atoms with Gasteiger partial charge in [0, 0.05) is 37.6 Å². The van der Waals surface area contributed by atoms with Crippen LogP contribution < -0.4 is 5.32 Å². The van der Waals surface area contributed by atoms with Gasteiger partial charge in [-0.3, -0.25) is 9.69 Å². The highest BCUT2D eigenvalue weighted by Crippen LogP contribution is 2.40. The molecular weight excluding hydrogens is 317 g/mol. The number of hydrogen-bond donors (Lipinski definition) is 1. The lowest BCUT2D eigenvalue weighted by Crippen LogP contribution is -2.53. The summed E-state index contributed by atoms with van der Waals surface area (Å²) in [4.78, 5) is 17.1. The number of halogens is 1. The van der Waals surface area contributed by atoms with E-state index in [-0.39, 0.29) is 17.1 Å². The number of carbonyl (C=O) groups excluding carboxylic acids is 1. The standard InChI is InChI=1S/C20H30FN3O/c1-16-13-23(2)11-12-24(16)14-19(25)22-15-20(9-3-4-10-20)17-5-7-18(21)8-6-17/h5-8,16H,3-4,9-15H2,1-2H3,(H,22,25). The molecule has 0 radical (unpaired) electrons. The van der Waals surface area contributed by atoms with E-state index in [1.54, 1.807) is 0 Å². The Bertz CT molecular complexity index is 583. The van der Waals surface area contributed by atoms with Gasteiger partial charge < -0.3 is 10.2 Å². The van der Waals surface area contributed by atoms with E-state index in [0.29, 0.717) is 19.1 Å². The maximum atomic E-state index is 13.3. The topological polar surface area (TPSA) is 35.6 Å². The van der Waals surface area contributed by atoms with Crippen LogP contribution in [0.15, 0.2) is 24.3 Å². The lowest BCUT2D eigenvalue weighted by Gasteiger charge is -2.38. The Morgan fingerprint density at radius 1 is 1.24 bits per heavy atom. The van der Waals surface area contributed by atoms with Crippen LogP contribution in [0.1, 0.15) is 38.2 Å². The quantitative estimate of drug-likeness (QED) is 0.888. The molecule has 1 amide bonds. The summed E-state index contributed by atoms with van der Waals surface area (Å²) in [7, 11) is 2.13. The molecule has 1 aliphatic carbocycles. The Labute approximate surface area is 150 Å². The molecular formula is C20H30FN3O. The highest BCUT2D eigenvalue weighted by atomic mass is 19.1. The molecule has 1 saturated heterocycles. The van der Waals surface area contributed by atoms with Crippen molar-refractivity contribution in [3.05, 3.63) is 35.6 Å². The summed E-state index contributed by atoms with van der Waals surface area (Å²) in [5, 5.41) is 3.17. The molecule has 3 rings (SSSR count). The zero-order valence-electron chi connectivity index (χ0n) is 15.4. The van der Waals surface area contributed by atoms with Crippen LogP contribution in [-0.2, 0) is 10.2 Å². The number of likely N-dealkylation sites (N-methyl/N-ethyl adjacent to an activating group) is 1. The molecule has 1 aliphatic heterocycles. The van der Waals surface area contributed by atoms with E-state index in [1.165, 1.54) is 25.0 Å². The van der Waals surface area contributed by atoms with Crippen molar-refractivity contribution in [1.82, 2.24) is 15.1 Å². The predicted molar refractivity (Wildman–Crippen MR) is 98.1 cm³/mol. The zero-order chi connectivity index (χ0) is 17.9. The average molecular weight is 347 g/mol. The molecule has 2 aliphatic rings. The largest absolute Gasteiger partial charge is 0.354 e. The Morgan fingerprint density at radius 2 is 1.92 bits per heavy atom. The van der Waals surface area contributed by atoms with Crippen LogP contribution in [0.5, 0.6) is 0 Å². The second-order valence-electron chi connectivity index (χ2n) is 7.85. The van der Waals surface area contributed by atoms with Crippen LogP contribution in [0.4, 0.5) is 4.39 Å². The minimum absolute atomic E-state index is 0.0307. The van der Waals surface area contributed by atoms with Crippen LogP contribution in [0.3, 0.4) is 0 Å². The SMILES string of the molecule is CC1CN(C)CCN1CC(=O)NCC1(c2ccc(F)cc2)CCCC1. The monoisotopic (exact) mass is 347 g/mol. The van der Waals surface area contributed by atoms with E-state index >= 15 is 0 Å². The molecule has 138 valence electrons. The molecule has 0 aromatic heterocycles. The maximum absolute atomic E-state index is 13.3. The van der Waals surface area contributed by atoms with Crippen molar-refractivity contribution in [3.8, 4) is 0 Å². The lowest BCUT2D eigenvalue weighted by atomic mass is 9.79.